The summed E-state index contributed by atoms with van der Waals surface area (Å²) in [7, 11) is -1.79. The van der Waals surface area contributed by atoms with Crippen molar-refractivity contribution < 1.29 is 0 Å². The SMILES string of the molecule is Cc1cccc(N2c3cc(C)ccc3B3c4cc([Si](C)(C)C)cc5c4N(c4cc(N6c7ccc(-c8ccccc8)cc7C7(C)CCCCC67C)cc2c43)C2(C)CCCCC52c2ccccc2)c1. The van der Waals surface area contributed by atoms with Crippen molar-refractivity contribution in [3.63, 3.8) is 0 Å². The molecule has 334 valence electrons. The highest BCUT2D eigenvalue weighted by Crippen LogP contribution is 2.66. The minimum atomic E-state index is -1.79. The molecule has 4 heterocycles. The zero-order chi connectivity index (χ0) is 45.8. The summed E-state index contributed by atoms with van der Waals surface area (Å²) in [5.74, 6) is 0. The minimum absolute atomic E-state index is 0.0144. The predicted octanol–water partition coefficient (Wildman–Crippen LogP) is 13.6. The maximum absolute atomic E-state index is 2.97. The molecule has 0 N–H and O–H groups in total. The molecular weight excluding hydrogens is 826 g/mol. The van der Waals surface area contributed by atoms with Crippen molar-refractivity contribution in [3.8, 4) is 11.1 Å². The highest BCUT2D eigenvalue weighted by molar-refractivity contribution is 7.01. The van der Waals surface area contributed by atoms with Crippen molar-refractivity contribution >= 4 is 76.2 Å². The van der Waals surface area contributed by atoms with Gasteiger partial charge in [-0.3, -0.25) is 0 Å². The van der Waals surface area contributed by atoms with E-state index in [2.05, 4.69) is 215 Å². The molecule has 3 nitrogen and oxygen atoms in total. The molecule has 13 rings (SSSR count). The third-order valence-electron chi connectivity index (χ3n) is 18.5. The van der Waals surface area contributed by atoms with E-state index < -0.39 is 8.07 Å². The Kier molecular flexibility index (Phi) is 8.74. The van der Waals surface area contributed by atoms with Crippen molar-refractivity contribution in [2.75, 3.05) is 14.7 Å². The summed E-state index contributed by atoms with van der Waals surface area (Å²) < 4.78 is 0. The second-order valence-electron chi connectivity index (χ2n) is 23.1. The highest BCUT2D eigenvalue weighted by atomic mass is 28.3. The van der Waals surface area contributed by atoms with Crippen LogP contribution in [0, 0.1) is 13.8 Å². The van der Waals surface area contributed by atoms with E-state index in [0.29, 0.717) is 0 Å². The largest absolute Gasteiger partial charge is 0.335 e. The molecule has 4 aliphatic heterocycles. The lowest BCUT2D eigenvalue weighted by Crippen LogP contribution is -2.65. The molecule has 67 heavy (non-hydrogen) atoms. The molecule has 0 saturated heterocycles. The molecule has 7 aromatic rings. The molecule has 0 amide bonds. The Hall–Kier alpha value is -5.78. The van der Waals surface area contributed by atoms with Gasteiger partial charge in [-0.05, 0) is 151 Å². The van der Waals surface area contributed by atoms with E-state index in [0.717, 1.165) is 19.3 Å². The fourth-order valence-electron chi connectivity index (χ4n) is 15.0. The van der Waals surface area contributed by atoms with E-state index in [-0.39, 0.29) is 28.6 Å². The lowest BCUT2D eigenvalue weighted by atomic mass is 9.33. The van der Waals surface area contributed by atoms with Crippen LogP contribution in [0.15, 0.2) is 146 Å². The fourth-order valence-corrected chi connectivity index (χ4v) is 16.2. The summed E-state index contributed by atoms with van der Waals surface area (Å²) in [4.78, 5) is 8.50. The number of nitrogens with zero attached hydrogens (tertiary/aromatic N) is 3. The molecule has 0 radical (unpaired) electrons. The maximum atomic E-state index is 2.97. The lowest BCUT2D eigenvalue weighted by Gasteiger charge is -2.54. The van der Waals surface area contributed by atoms with Gasteiger partial charge in [-0.15, -0.1) is 0 Å². The summed E-state index contributed by atoms with van der Waals surface area (Å²) in [6, 6.07) is 57.7. The van der Waals surface area contributed by atoms with Crippen LogP contribution >= 0.6 is 0 Å². The topological polar surface area (TPSA) is 9.72 Å². The van der Waals surface area contributed by atoms with Crippen molar-refractivity contribution in [2.45, 2.75) is 128 Å². The third-order valence-corrected chi connectivity index (χ3v) is 20.5. The lowest BCUT2D eigenvalue weighted by molar-refractivity contribution is 0.195. The quantitative estimate of drug-likeness (QED) is 0.159. The first-order chi connectivity index (χ1) is 32.3. The van der Waals surface area contributed by atoms with Gasteiger partial charge in [0.25, 0.3) is 6.71 Å². The number of rotatable bonds is 5. The molecule has 6 aliphatic rings. The number of anilines is 7. The van der Waals surface area contributed by atoms with E-state index in [9.17, 15) is 0 Å². The summed E-state index contributed by atoms with van der Waals surface area (Å²) in [5, 5.41) is 1.58. The van der Waals surface area contributed by atoms with Crippen LogP contribution in [0.2, 0.25) is 19.6 Å². The monoisotopic (exact) mass is 889 g/mol. The summed E-state index contributed by atoms with van der Waals surface area (Å²) >= 11 is 0. The number of hydrogen-bond donors (Lipinski definition) is 0. The Morgan fingerprint density at radius 1 is 0.493 bits per heavy atom. The van der Waals surface area contributed by atoms with Crippen molar-refractivity contribution in [2.24, 2.45) is 0 Å². The van der Waals surface area contributed by atoms with Crippen LogP contribution in [0.25, 0.3) is 11.1 Å². The van der Waals surface area contributed by atoms with Crippen LogP contribution in [0.1, 0.15) is 100.0 Å². The number of hydrogen-bond acceptors (Lipinski definition) is 3. The molecule has 4 atom stereocenters. The van der Waals surface area contributed by atoms with Crippen LogP contribution in [-0.4, -0.2) is 25.9 Å². The van der Waals surface area contributed by atoms with Gasteiger partial charge < -0.3 is 14.7 Å². The molecule has 0 spiro atoms. The molecule has 2 saturated carbocycles. The van der Waals surface area contributed by atoms with Crippen LogP contribution in [0.5, 0.6) is 0 Å². The normalized spacial score (nSPS) is 25.3. The first-order valence-corrected chi connectivity index (χ1v) is 29.0. The van der Waals surface area contributed by atoms with E-state index in [1.54, 1.807) is 10.8 Å². The average Bonchev–Trinajstić information content (AvgIpc) is 3.69. The molecule has 4 unspecified atom stereocenters. The molecule has 7 aromatic carbocycles. The molecule has 0 aromatic heterocycles. The van der Waals surface area contributed by atoms with Gasteiger partial charge in [0.05, 0.1) is 19.2 Å². The number of benzene rings is 7. The first-order valence-electron chi connectivity index (χ1n) is 25.5. The fraction of sp³-hybridized carbons (Fsp3) is 0.323. The van der Waals surface area contributed by atoms with E-state index >= 15 is 0 Å². The van der Waals surface area contributed by atoms with E-state index in [1.165, 1.54) is 122 Å². The van der Waals surface area contributed by atoms with Gasteiger partial charge in [0.15, 0.2) is 0 Å². The molecule has 0 bridgehead atoms. The Morgan fingerprint density at radius 2 is 1.19 bits per heavy atom. The van der Waals surface area contributed by atoms with Gasteiger partial charge in [-0.25, -0.2) is 0 Å². The van der Waals surface area contributed by atoms with Gasteiger partial charge in [-0.1, -0.05) is 161 Å². The molecule has 2 fully saturated rings. The molecule has 5 heteroatoms. The van der Waals surface area contributed by atoms with Crippen molar-refractivity contribution in [1.82, 2.24) is 0 Å². The van der Waals surface area contributed by atoms with Gasteiger partial charge in [0.2, 0.25) is 0 Å². The van der Waals surface area contributed by atoms with Crippen LogP contribution in [-0.2, 0) is 10.8 Å². The summed E-state index contributed by atoms with van der Waals surface area (Å²) in [6.45, 7) is 20.2. The zero-order valence-corrected chi connectivity index (χ0v) is 41.9. The standard InChI is InChI=1S/C62H64BN3Si/c1-41-20-19-25-46(34-41)64-54-35-42(2)26-28-51(54)63-52-40-48(67(6,7)8)39-50-58(52)66(61(5)32-17-18-33-62(50,61)45-23-13-10-14-24-45)56-38-47(37-55(64)57(56)63)65-53-29-27-44(43-21-11-9-12-22-43)36-49(53)59(3)30-15-16-31-60(59,65)4/h9-14,19-29,34-40H,15-18,30-33H2,1-8H3. The zero-order valence-electron chi connectivity index (χ0n) is 40.9. The van der Waals surface area contributed by atoms with Gasteiger partial charge >= 0.3 is 0 Å². The Bertz CT molecular complexity index is 3190. The molecule has 2 aliphatic carbocycles. The highest BCUT2D eigenvalue weighted by Gasteiger charge is 2.65. The second kappa shape index (κ2) is 14.1. The molecular formula is C62H64BN3Si. The number of aryl methyl sites for hydroxylation is 2. The van der Waals surface area contributed by atoms with Crippen LogP contribution in [0.3, 0.4) is 0 Å². The number of fused-ring (bicyclic) bond motifs is 10. The maximum Gasteiger partial charge on any atom is 0.252 e. The Morgan fingerprint density at radius 3 is 1.96 bits per heavy atom. The van der Waals surface area contributed by atoms with Gasteiger partial charge in [-0.2, -0.15) is 0 Å². The second-order valence-corrected chi connectivity index (χ2v) is 28.2. The third kappa shape index (κ3) is 5.41. The van der Waals surface area contributed by atoms with Crippen LogP contribution in [0.4, 0.5) is 39.8 Å². The van der Waals surface area contributed by atoms with E-state index in [1.807, 2.05) is 0 Å². The Balaban J connectivity index is 1.16. The predicted molar refractivity (Wildman–Crippen MR) is 289 cm³/mol. The van der Waals surface area contributed by atoms with Crippen LogP contribution < -0.4 is 36.3 Å². The smallest absolute Gasteiger partial charge is 0.252 e. The average molecular weight is 890 g/mol. The summed E-state index contributed by atoms with van der Waals surface area (Å²) in [5.41, 5.74) is 23.2. The Labute approximate surface area is 401 Å². The minimum Gasteiger partial charge on any atom is -0.335 e. The van der Waals surface area contributed by atoms with E-state index in [4.69, 9.17) is 0 Å². The summed E-state index contributed by atoms with van der Waals surface area (Å²) in [6.07, 6.45) is 9.61. The van der Waals surface area contributed by atoms with Gasteiger partial charge in [0.1, 0.15) is 0 Å². The van der Waals surface area contributed by atoms with Gasteiger partial charge in [0, 0.05) is 50.6 Å². The first kappa shape index (κ1) is 41.4. The van der Waals surface area contributed by atoms with Crippen molar-refractivity contribution in [1.29, 1.82) is 0 Å². The van der Waals surface area contributed by atoms with Crippen molar-refractivity contribution in [3.05, 3.63) is 173 Å².